The lowest BCUT2D eigenvalue weighted by Gasteiger charge is -2.09. The third kappa shape index (κ3) is 3.32. The highest BCUT2D eigenvalue weighted by molar-refractivity contribution is 5.86. The smallest absolute Gasteiger partial charge is 0.226 e. The molecule has 24 heavy (non-hydrogen) atoms. The summed E-state index contributed by atoms with van der Waals surface area (Å²) in [7, 11) is 1.64. The van der Waals surface area contributed by atoms with Crippen molar-refractivity contribution in [3.8, 4) is 23.0 Å². The van der Waals surface area contributed by atoms with E-state index in [1.807, 2.05) is 31.2 Å². The highest BCUT2D eigenvalue weighted by Crippen LogP contribution is 2.31. The molecule has 0 bridgehead atoms. The van der Waals surface area contributed by atoms with E-state index in [0.29, 0.717) is 24.2 Å². The van der Waals surface area contributed by atoms with E-state index in [1.165, 1.54) is 0 Å². The van der Waals surface area contributed by atoms with Crippen LogP contribution in [-0.2, 0) is 6.42 Å². The van der Waals surface area contributed by atoms with E-state index < -0.39 is 0 Å². The molecule has 0 amide bonds. The van der Waals surface area contributed by atoms with E-state index in [2.05, 4.69) is 22.0 Å². The van der Waals surface area contributed by atoms with E-state index in [4.69, 9.17) is 14.0 Å². The van der Waals surface area contributed by atoms with Crippen molar-refractivity contribution in [1.82, 2.24) is 15.1 Å². The van der Waals surface area contributed by atoms with Crippen LogP contribution in [-0.4, -0.2) is 28.8 Å². The van der Waals surface area contributed by atoms with Gasteiger partial charge in [0, 0.05) is 11.8 Å². The van der Waals surface area contributed by atoms with E-state index in [0.717, 1.165) is 41.5 Å². The minimum absolute atomic E-state index is 0.502. The average Bonchev–Trinajstić information content (AvgIpc) is 3.08. The Hall–Kier alpha value is -2.63. The monoisotopic (exact) mass is 327 g/mol. The molecule has 0 aliphatic rings. The summed E-state index contributed by atoms with van der Waals surface area (Å²) in [4.78, 5) is 9.07. The Balaban J connectivity index is 2.06. The summed E-state index contributed by atoms with van der Waals surface area (Å²) in [5.74, 6) is 2.43. The standard InChI is InChI=1S/C18H21N3O3/c1-4-6-7-16-20-17(21-24-16)14-11-12-10-13(22-3)8-9-15(12)19-18(14)23-5-2/h8-11H,4-7H2,1-3H3. The molecule has 6 nitrogen and oxygen atoms in total. The van der Waals surface area contributed by atoms with Crippen LogP contribution in [0.1, 0.15) is 32.6 Å². The molecule has 0 radical (unpaired) electrons. The average molecular weight is 327 g/mol. The molecule has 2 aromatic heterocycles. The molecule has 6 heteroatoms. The summed E-state index contributed by atoms with van der Waals surface area (Å²) in [5, 5.41) is 5.03. The van der Waals surface area contributed by atoms with Gasteiger partial charge in [-0.3, -0.25) is 0 Å². The second-order valence-corrected chi connectivity index (χ2v) is 5.45. The van der Waals surface area contributed by atoms with Crippen LogP contribution in [0.15, 0.2) is 28.8 Å². The van der Waals surface area contributed by atoms with Gasteiger partial charge in [-0.25, -0.2) is 4.98 Å². The Morgan fingerprint density at radius 2 is 2.00 bits per heavy atom. The van der Waals surface area contributed by atoms with Crippen LogP contribution in [0.3, 0.4) is 0 Å². The topological polar surface area (TPSA) is 70.3 Å². The summed E-state index contributed by atoms with van der Waals surface area (Å²) in [5.41, 5.74) is 1.56. The van der Waals surface area contributed by atoms with Crippen LogP contribution >= 0.6 is 0 Å². The Bertz CT molecular complexity index is 829. The number of pyridine rings is 1. The summed E-state index contributed by atoms with van der Waals surface area (Å²) in [6.07, 6.45) is 2.88. The second kappa shape index (κ2) is 7.29. The van der Waals surface area contributed by atoms with E-state index in [9.17, 15) is 0 Å². The number of hydrogen-bond acceptors (Lipinski definition) is 6. The van der Waals surface area contributed by atoms with Crippen molar-refractivity contribution in [3.05, 3.63) is 30.2 Å². The van der Waals surface area contributed by atoms with Gasteiger partial charge in [0.1, 0.15) is 5.75 Å². The van der Waals surface area contributed by atoms with Gasteiger partial charge in [0.2, 0.25) is 17.6 Å². The molecular weight excluding hydrogens is 306 g/mol. The molecule has 0 atom stereocenters. The molecule has 3 rings (SSSR count). The van der Waals surface area contributed by atoms with Crippen molar-refractivity contribution in [2.24, 2.45) is 0 Å². The number of benzene rings is 1. The Labute approximate surface area is 140 Å². The molecule has 1 aromatic carbocycles. The lowest BCUT2D eigenvalue weighted by molar-refractivity contribution is 0.329. The first-order chi connectivity index (χ1) is 11.7. The first-order valence-corrected chi connectivity index (χ1v) is 8.19. The summed E-state index contributed by atoms with van der Waals surface area (Å²) in [6, 6.07) is 7.68. The molecule has 0 unspecified atom stereocenters. The Morgan fingerprint density at radius 3 is 2.75 bits per heavy atom. The van der Waals surface area contributed by atoms with Crippen molar-refractivity contribution in [2.45, 2.75) is 33.1 Å². The van der Waals surface area contributed by atoms with Crippen molar-refractivity contribution in [2.75, 3.05) is 13.7 Å². The Morgan fingerprint density at radius 1 is 1.12 bits per heavy atom. The fourth-order valence-electron chi connectivity index (χ4n) is 2.46. The van der Waals surface area contributed by atoms with Gasteiger partial charge in [-0.05, 0) is 37.6 Å². The van der Waals surface area contributed by atoms with Crippen LogP contribution in [0, 0.1) is 0 Å². The highest BCUT2D eigenvalue weighted by atomic mass is 16.5. The molecule has 0 saturated heterocycles. The largest absolute Gasteiger partial charge is 0.497 e. The number of fused-ring (bicyclic) bond motifs is 1. The molecule has 0 aliphatic heterocycles. The fraction of sp³-hybridized carbons (Fsp3) is 0.389. The first kappa shape index (κ1) is 16.2. The van der Waals surface area contributed by atoms with Gasteiger partial charge in [-0.2, -0.15) is 4.98 Å². The number of nitrogens with zero attached hydrogens (tertiary/aromatic N) is 3. The van der Waals surface area contributed by atoms with Crippen molar-refractivity contribution in [3.63, 3.8) is 0 Å². The zero-order valence-electron chi connectivity index (χ0n) is 14.2. The SMILES string of the molecule is CCCCc1nc(-c2cc3cc(OC)ccc3nc2OCC)no1. The molecular formula is C18H21N3O3. The summed E-state index contributed by atoms with van der Waals surface area (Å²) < 4.78 is 16.3. The maximum absolute atomic E-state index is 5.68. The van der Waals surface area contributed by atoms with Gasteiger partial charge in [0.25, 0.3) is 0 Å². The zero-order valence-corrected chi connectivity index (χ0v) is 14.2. The molecule has 0 N–H and O–H groups in total. The molecule has 0 saturated carbocycles. The van der Waals surface area contributed by atoms with Gasteiger partial charge < -0.3 is 14.0 Å². The lowest BCUT2D eigenvalue weighted by Crippen LogP contribution is -1.99. The molecule has 126 valence electrons. The van der Waals surface area contributed by atoms with Crippen LogP contribution in [0.4, 0.5) is 0 Å². The number of rotatable bonds is 7. The molecule has 0 aliphatic carbocycles. The van der Waals surface area contributed by atoms with Crippen LogP contribution in [0.25, 0.3) is 22.3 Å². The van der Waals surface area contributed by atoms with Crippen LogP contribution < -0.4 is 9.47 Å². The summed E-state index contributed by atoms with van der Waals surface area (Å²) >= 11 is 0. The summed E-state index contributed by atoms with van der Waals surface area (Å²) in [6.45, 7) is 4.57. The fourth-order valence-corrected chi connectivity index (χ4v) is 2.46. The molecule has 2 heterocycles. The van der Waals surface area contributed by atoms with Crippen LogP contribution in [0.2, 0.25) is 0 Å². The maximum Gasteiger partial charge on any atom is 0.226 e. The van der Waals surface area contributed by atoms with Gasteiger partial charge in [0.05, 0.1) is 24.8 Å². The molecule has 0 spiro atoms. The minimum atomic E-state index is 0.502. The van der Waals surface area contributed by atoms with Crippen LogP contribution in [0.5, 0.6) is 11.6 Å². The highest BCUT2D eigenvalue weighted by Gasteiger charge is 2.16. The lowest BCUT2D eigenvalue weighted by atomic mass is 10.1. The van der Waals surface area contributed by atoms with Gasteiger partial charge >= 0.3 is 0 Å². The number of methoxy groups -OCH3 is 1. The minimum Gasteiger partial charge on any atom is -0.497 e. The number of hydrogen-bond donors (Lipinski definition) is 0. The van der Waals surface area contributed by atoms with E-state index in [-0.39, 0.29) is 0 Å². The third-order valence-corrected chi connectivity index (χ3v) is 3.72. The Kier molecular flexibility index (Phi) is 4.93. The van der Waals surface area contributed by atoms with E-state index >= 15 is 0 Å². The number of aromatic nitrogens is 3. The predicted octanol–water partition coefficient (Wildman–Crippen LogP) is 4.03. The second-order valence-electron chi connectivity index (χ2n) is 5.45. The zero-order chi connectivity index (χ0) is 16.9. The van der Waals surface area contributed by atoms with Gasteiger partial charge in [0.15, 0.2) is 0 Å². The maximum atomic E-state index is 5.68. The van der Waals surface area contributed by atoms with E-state index in [1.54, 1.807) is 7.11 Å². The van der Waals surface area contributed by atoms with Crippen molar-refractivity contribution < 1.29 is 14.0 Å². The van der Waals surface area contributed by atoms with Crippen molar-refractivity contribution in [1.29, 1.82) is 0 Å². The first-order valence-electron chi connectivity index (χ1n) is 8.19. The number of ether oxygens (including phenoxy) is 2. The predicted molar refractivity (Wildman–Crippen MR) is 91.4 cm³/mol. The van der Waals surface area contributed by atoms with Gasteiger partial charge in [-0.15, -0.1) is 0 Å². The molecule has 0 fully saturated rings. The number of aryl methyl sites for hydroxylation is 1. The van der Waals surface area contributed by atoms with Gasteiger partial charge in [-0.1, -0.05) is 18.5 Å². The normalized spacial score (nSPS) is 11.0. The van der Waals surface area contributed by atoms with Crippen molar-refractivity contribution >= 4 is 10.9 Å². The molecule has 3 aromatic rings. The third-order valence-electron chi connectivity index (χ3n) is 3.72. The number of unbranched alkanes of at least 4 members (excludes halogenated alkanes) is 1. The quantitative estimate of drug-likeness (QED) is 0.652.